The van der Waals surface area contributed by atoms with Crippen LogP contribution in [0.3, 0.4) is 0 Å². The lowest BCUT2D eigenvalue weighted by molar-refractivity contribution is -0.124. The summed E-state index contributed by atoms with van der Waals surface area (Å²) in [4.78, 5) is 28.1. The molecule has 0 unspecified atom stereocenters. The molecular formula is C14H26N2O2. The maximum Gasteiger partial charge on any atom is 0.320 e. The van der Waals surface area contributed by atoms with Gasteiger partial charge in [0.15, 0.2) is 5.78 Å². The molecule has 0 spiro atoms. The number of urea groups is 1. The van der Waals surface area contributed by atoms with E-state index in [1.807, 2.05) is 32.6 Å². The summed E-state index contributed by atoms with van der Waals surface area (Å²) >= 11 is 0. The molecule has 4 nitrogen and oxygen atoms in total. The first kappa shape index (κ1) is 15.0. The van der Waals surface area contributed by atoms with E-state index in [1.165, 1.54) is 0 Å². The molecule has 0 aliphatic carbocycles. The number of likely N-dealkylation sites (tertiary alicyclic amines) is 1. The molecule has 0 aromatic rings. The van der Waals surface area contributed by atoms with Crippen LogP contribution in [0.2, 0.25) is 0 Å². The van der Waals surface area contributed by atoms with Gasteiger partial charge in [0.1, 0.15) is 0 Å². The second-order valence-electron chi connectivity index (χ2n) is 5.19. The summed E-state index contributed by atoms with van der Waals surface area (Å²) in [5, 5.41) is 0. The smallest absolute Gasteiger partial charge is 0.320 e. The first-order valence-corrected chi connectivity index (χ1v) is 7.12. The molecule has 1 atom stereocenters. The minimum atomic E-state index is -0.191. The van der Waals surface area contributed by atoms with E-state index < -0.39 is 0 Å². The molecule has 0 N–H and O–H groups in total. The van der Waals surface area contributed by atoms with Gasteiger partial charge in [0, 0.05) is 25.6 Å². The van der Waals surface area contributed by atoms with Crippen LogP contribution in [0.15, 0.2) is 0 Å². The van der Waals surface area contributed by atoms with Crippen molar-refractivity contribution in [1.29, 1.82) is 0 Å². The highest BCUT2D eigenvalue weighted by molar-refractivity contribution is 5.88. The fourth-order valence-corrected chi connectivity index (χ4v) is 2.62. The lowest BCUT2D eigenvalue weighted by Crippen LogP contribution is -2.54. The molecule has 1 saturated heterocycles. The largest absolute Gasteiger partial charge is 0.322 e. The molecule has 1 rings (SSSR count). The van der Waals surface area contributed by atoms with Crippen LogP contribution in [-0.2, 0) is 4.79 Å². The molecule has 0 aromatic carbocycles. The fraction of sp³-hybridized carbons (Fsp3) is 0.857. The molecule has 1 aliphatic rings. The van der Waals surface area contributed by atoms with Gasteiger partial charge in [0.2, 0.25) is 0 Å². The van der Waals surface area contributed by atoms with E-state index in [0.717, 1.165) is 25.8 Å². The van der Waals surface area contributed by atoms with Gasteiger partial charge in [-0.05, 0) is 40.0 Å². The maximum atomic E-state index is 12.5. The molecule has 0 bridgehead atoms. The number of Topliss-reactive ketones (excluding diaryl/α,β-unsaturated/α-hetero) is 1. The summed E-state index contributed by atoms with van der Waals surface area (Å²) < 4.78 is 0. The molecule has 1 fully saturated rings. The minimum Gasteiger partial charge on any atom is -0.322 e. The van der Waals surface area contributed by atoms with Crippen molar-refractivity contribution >= 4 is 11.8 Å². The zero-order valence-corrected chi connectivity index (χ0v) is 12.1. The number of hydrogen-bond acceptors (Lipinski definition) is 2. The molecule has 0 radical (unpaired) electrons. The van der Waals surface area contributed by atoms with E-state index >= 15 is 0 Å². The number of rotatable bonds is 4. The Hall–Kier alpha value is -1.06. The summed E-state index contributed by atoms with van der Waals surface area (Å²) in [6, 6.07) is 0.0184. The Morgan fingerprint density at radius 2 is 1.94 bits per heavy atom. The predicted octanol–water partition coefficient (Wildman–Crippen LogP) is 2.67. The van der Waals surface area contributed by atoms with Gasteiger partial charge >= 0.3 is 6.03 Å². The number of hydrogen-bond donors (Lipinski definition) is 0. The van der Waals surface area contributed by atoms with Crippen LogP contribution in [0, 0.1) is 0 Å². The number of amides is 2. The number of carbonyl (C=O) groups is 2. The normalized spacial score (nSPS) is 20.1. The summed E-state index contributed by atoms with van der Waals surface area (Å²) in [7, 11) is 0. The molecule has 0 aromatic heterocycles. The van der Waals surface area contributed by atoms with Crippen LogP contribution in [0.1, 0.15) is 53.4 Å². The van der Waals surface area contributed by atoms with Crippen molar-refractivity contribution in [2.45, 2.75) is 65.5 Å². The summed E-state index contributed by atoms with van der Waals surface area (Å²) in [6.07, 6.45) is 3.40. The SMILES string of the molecule is CCC(=O)[C@@H]1CCCCN1C(=O)N(CC)C(C)C. The van der Waals surface area contributed by atoms with Crippen LogP contribution in [0.4, 0.5) is 4.79 Å². The Kier molecular flexibility index (Phi) is 5.63. The Balaban J connectivity index is 2.82. The molecule has 104 valence electrons. The van der Waals surface area contributed by atoms with Crippen LogP contribution in [0.5, 0.6) is 0 Å². The Morgan fingerprint density at radius 3 is 2.44 bits per heavy atom. The highest BCUT2D eigenvalue weighted by atomic mass is 16.2. The minimum absolute atomic E-state index is 0.0269. The van der Waals surface area contributed by atoms with Gasteiger partial charge in [-0.25, -0.2) is 4.79 Å². The van der Waals surface area contributed by atoms with Crippen LogP contribution in [-0.4, -0.2) is 46.8 Å². The van der Waals surface area contributed by atoms with Crippen molar-refractivity contribution in [3.63, 3.8) is 0 Å². The topological polar surface area (TPSA) is 40.6 Å². The number of nitrogens with zero attached hydrogens (tertiary/aromatic N) is 2. The highest BCUT2D eigenvalue weighted by Crippen LogP contribution is 2.21. The molecule has 1 heterocycles. The van der Waals surface area contributed by atoms with Crippen LogP contribution < -0.4 is 0 Å². The molecule has 1 aliphatic heterocycles. The third-order valence-corrected chi connectivity index (χ3v) is 3.68. The van der Waals surface area contributed by atoms with E-state index in [-0.39, 0.29) is 23.9 Å². The van der Waals surface area contributed by atoms with Gasteiger partial charge in [-0.15, -0.1) is 0 Å². The average Bonchev–Trinajstić information content (AvgIpc) is 2.38. The lowest BCUT2D eigenvalue weighted by atomic mass is 9.97. The second kappa shape index (κ2) is 6.76. The van der Waals surface area contributed by atoms with Gasteiger partial charge in [0.05, 0.1) is 6.04 Å². The lowest BCUT2D eigenvalue weighted by Gasteiger charge is -2.39. The first-order valence-electron chi connectivity index (χ1n) is 7.12. The zero-order valence-electron chi connectivity index (χ0n) is 12.1. The monoisotopic (exact) mass is 254 g/mol. The van der Waals surface area contributed by atoms with Gasteiger partial charge in [-0.3, -0.25) is 4.79 Å². The van der Waals surface area contributed by atoms with Crippen LogP contribution in [0.25, 0.3) is 0 Å². The van der Waals surface area contributed by atoms with Crippen LogP contribution >= 0.6 is 0 Å². The summed E-state index contributed by atoms with van der Waals surface area (Å²) in [5.74, 6) is 0.197. The van der Waals surface area contributed by atoms with Gasteiger partial charge in [-0.2, -0.15) is 0 Å². The highest BCUT2D eigenvalue weighted by Gasteiger charge is 2.33. The molecular weight excluding hydrogens is 228 g/mol. The number of piperidine rings is 1. The van der Waals surface area contributed by atoms with Crippen molar-refractivity contribution in [3.8, 4) is 0 Å². The average molecular weight is 254 g/mol. The van der Waals surface area contributed by atoms with Crippen molar-refractivity contribution in [2.24, 2.45) is 0 Å². The standard InChI is InChI=1S/C14H26N2O2/c1-5-13(17)12-9-7-8-10-16(12)14(18)15(6-2)11(3)4/h11-12H,5-10H2,1-4H3/t12-/m0/s1. The first-order chi connectivity index (χ1) is 8.52. The summed E-state index contributed by atoms with van der Waals surface area (Å²) in [6.45, 7) is 9.31. The summed E-state index contributed by atoms with van der Waals surface area (Å²) in [5.41, 5.74) is 0. The van der Waals surface area contributed by atoms with E-state index in [1.54, 1.807) is 4.90 Å². The second-order valence-corrected chi connectivity index (χ2v) is 5.19. The fourth-order valence-electron chi connectivity index (χ4n) is 2.62. The number of ketones is 1. The number of carbonyl (C=O) groups excluding carboxylic acids is 2. The van der Waals surface area contributed by atoms with E-state index in [0.29, 0.717) is 13.0 Å². The zero-order chi connectivity index (χ0) is 13.7. The Labute approximate surface area is 110 Å². The molecule has 18 heavy (non-hydrogen) atoms. The van der Waals surface area contributed by atoms with E-state index in [2.05, 4.69) is 0 Å². The molecule has 2 amide bonds. The third kappa shape index (κ3) is 3.24. The molecule has 0 saturated carbocycles. The third-order valence-electron chi connectivity index (χ3n) is 3.68. The Morgan fingerprint density at radius 1 is 1.28 bits per heavy atom. The van der Waals surface area contributed by atoms with Crippen molar-refractivity contribution in [3.05, 3.63) is 0 Å². The Bertz CT molecular complexity index is 302. The molecule has 4 heteroatoms. The van der Waals surface area contributed by atoms with Crippen molar-refractivity contribution in [2.75, 3.05) is 13.1 Å². The van der Waals surface area contributed by atoms with Crippen molar-refractivity contribution in [1.82, 2.24) is 9.80 Å². The quantitative estimate of drug-likeness (QED) is 0.774. The van der Waals surface area contributed by atoms with Gasteiger partial charge < -0.3 is 9.80 Å². The van der Waals surface area contributed by atoms with E-state index in [4.69, 9.17) is 0 Å². The predicted molar refractivity (Wildman–Crippen MR) is 72.6 cm³/mol. The van der Waals surface area contributed by atoms with Gasteiger partial charge in [-0.1, -0.05) is 6.92 Å². The van der Waals surface area contributed by atoms with E-state index in [9.17, 15) is 9.59 Å². The van der Waals surface area contributed by atoms with Crippen molar-refractivity contribution < 1.29 is 9.59 Å². The maximum absolute atomic E-state index is 12.5. The van der Waals surface area contributed by atoms with Gasteiger partial charge in [0.25, 0.3) is 0 Å².